The second-order valence-corrected chi connectivity index (χ2v) is 6.19. The van der Waals surface area contributed by atoms with E-state index in [1.807, 2.05) is 18.2 Å². The molecule has 1 aromatic heterocycles. The monoisotopic (exact) mass is 275 g/mol. The zero-order valence-corrected chi connectivity index (χ0v) is 12.2. The van der Waals surface area contributed by atoms with Gasteiger partial charge in [-0.3, -0.25) is 4.90 Å². The third-order valence-corrected chi connectivity index (χ3v) is 3.45. The lowest BCUT2D eigenvalue weighted by molar-refractivity contribution is -0.131. The van der Waals surface area contributed by atoms with Crippen molar-refractivity contribution in [1.82, 2.24) is 9.88 Å². The van der Waals surface area contributed by atoms with E-state index < -0.39 is 0 Å². The molecule has 0 radical (unpaired) electrons. The number of hydrogen-bond donors (Lipinski definition) is 1. The third-order valence-electron chi connectivity index (χ3n) is 3.45. The summed E-state index contributed by atoms with van der Waals surface area (Å²) in [5, 5.41) is 0. The Morgan fingerprint density at radius 2 is 2.25 bits per heavy atom. The molecule has 20 heavy (non-hydrogen) atoms. The van der Waals surface area contributed by atoms with Crippen LogP contribution in [0.3, 0.4) is 0 Å². The Bertz CT molecular complexity index is 621. The SMILES string of the molecule is CC1CN(Cc2nc3cc(N)ccc3o2)CC(C)(C)O1. The van der Waals surface area contributed by atoms with Crippen LogP contribution in [0.2, 0.25) is 0 Å². The molecule has 1 aliphatic rings. The second kappa shape index (κ2) is 4.75. The van der Waals surface area contributed by atoms with Crippen LogP contribution in [-0.4, -0.2) is 34.7 Å². The molecule has 0 saturated carbocycles. The number of morpholine rings is 1. The smallest absolute Gasteiger partial charge is 0.209 e. The summed E-state index contributed by atoms with van der Waals surface area (Å²) in [7, 11) is 0. The molecule has 2 aromatic rings. The number of nitrogens with zero attached hydrogens (tertiary/aromatic N) is 2. The number of anilines is 1. The number of rotatable bonds is 2. The minimum Gasteiger partial charge on any atom is -0.439 e. The average Bonchev–Trinajstić information content (AvgIpc) is 2.67. The molecule has 3 rings (SSSR count). The molecule has 0 bridgehead atoms. The summed E-state index contributed by atoms with van der Waals surface area (Å²) in [6.07, 6.45) is 0.221. The fourth-order valence-electron chi connectivity index (χ4n) is 2.96. The van der Waals surface area contributed by atoms with Gasteiger partial charge in [0.25, 0.3) is 0 Å². The second-order valence-electron chi connectivity index (χ2n) is 6.19. The van der Waals surface area contributed by atoms with E-state index in [0.29, 0.717) is 12.2 Å². The van der Waals surface area contributed by atoms with Crippen molar-refractivity contribution < 1.29 is 9.15 Å². The van der Waals surface area contributed by atoms with Gasteiger partial charge in [0.2, 0.25) is 5.89 Å². The highest BCUT2D eigenvalue weighted by molar-refractivity contribution is 5.76. The van der Waals surface area contributed by atoms with Gasteiger partial charge in [0.15, 0.2) is 5.58 Å². The number of oxazole rings is 1. The molecule has 0 amide bonds. The summed E-state index contributed by atoms with van der Waals surface area (Å²) < 4.78 is 11.7. The summed E-state index contributed by atoms with van der Waals surface area (Å²) in [6.45, 7) is 8.79. The molecule has 1 fully saturated rings. The van der Waals surface area contributed by atoms with E-state index in [4.69, 9.17) is 14.9 Å². The first-order valence-electron chi connectivity index (χ1n) is 6.96. The number of aromatic nitrogens is 1. The standard InChI is InChI=1S/C15H21N3O2/c1-10-7-18(9-15(2,3)20-10)8-14-17-12-6-11(16)4-5-13(12)19-14/h4-6,10H,7-9,16H2,1-3H3. The van der Waals surface area contributed by atoms with Gasteiger partial charge in [0.1, 0.15) is 5.52 Å². The fraction of sp³-hybridized carbons (Fsp3) is 0.533. The van der Waals surface area contributed by atoms with Crippen LogP contribution in [0, 0.1) is 0 Å². The molecule has 0 spiro atoms. The molecule has 1 aliphatic heterocycles. The quantitative estimate of drug-likeness (QED) is 0.853. The van der Waals surface area contributed by atoms with Gasteiger partial charge in [-0.25, -0.2) is 4.98 Å². The van der Waals surface area contributed by atoms with E-state index in [2.05, 4.69) is 30.7 Å². The summed E-state index contributed by atoms with van der Waals surface area (Å²) in [6, 6.07) is 5.54. The number of hydrogen-bond acceptors (Lipinski definition) is 5. The molecule has 5 nitrogen and oxygen atoms in total. The van der Waals surface area contributed by atoms with Crippen molar-refractivity contribution in [1.29, 1.82) is 0 Å². The summed E-state index contributed by atoms with van der Waals surface area (Å²) in [5.74, 6) is 0.732. The molecule has 108 valence electrons. The topological polar surface area (TPSA) is 64.5 Å². The van der Waals surface area contributed by atoms with Crippen LogP contribution in [0.1, 0.15) is 26.7 Å². The highest BCUT2D eigenvalue weighted by Gasteiger charge is 2.31. The van der Waals surface area contributed by atoms with Crippen molar-refractivity contribution in [2.45, 2.75) is 39.0 Å². The van der Waals surface area contributed by atoms with Crippen molar-refractivity contribution in [2.24, 2.45) is 0 Å². The molecule has 1 unspecified atom stereocenters. The Kier molecular flexibility index (Phi) is 3.18. The highest BCUT2D eigenvalue weighted by Crippen LogP contribution is 2.24. The van der Waals surface area contributed by atoms with E-state index in [-0.39, 0.29) is 11.7 Å². The fourth-order valence-corrected chi connectivity index (χ4v) is 2.96. The van der Waals surface area contributed by atoms with E-state index in [1.54, 1.807) is 0 Å². The van der Waals surface area contributed by atoms with E-state index >= 15 is 0 Å². The molecule has 2 N–H and O–H groups in total. The minimum atomic E-state index is -0.131. The van der Waals surface area contributed by atoms with Crippen molar-refractivity contribution in [3.05, 3.63) is 24.1 Å². The van der Waals surface area contributed by atoms with E-state index in [0.717, 1.165) is 30.1 Å². The first-order chi connectivity index (χ1) is 9.41. The van der Waals surface area contributed by atoms with Crippen molar-refractivity contribution >= 4 is 16.8 Å². The van der Waals surface area contributed by atoms with Crippen molar-refractivity contribution in [2.75, 3.05) is 18.8 Å². The molecular weight excluding hydrogens is 254 g/mol. The normalized spacial score (nSPS) is 23.2. The van der Waals surface area contributed by atoms with E-state index in [1.165, 1.54) is 0 Å². The summed E-state index contributed by atoms with van der Waals surface area (Å²) in [4.78, 5) is 6.83. The predicted octanol–water partition coefficient (Wildman–Crippen LogP) is 2.41. The Balaban J connectivity index is 1.78. The van der Waals surface area contributed by atoms with E-state index in [9.17, 15) is 0 Å². The molecule has 5 heteroatoms. The maximum absolute atomic E-state index is 5.91. The Hall–Kier alpha value is -1.59. The number of fused-ring (bicyclic) bond motifs is 1. The zero-order valence-electron chi connectivity index (χ0n) is 12.2. The highest BCUT2D eigenvalue weighted by atomic mass is 16.5. The maximum Gasteiger partial charge on any atom is 0.209 e. The summed E-state index contributed by atoms with van der Waals surface area (Å²) in [5.41, 5.74) is 7.95. The van der Waals surface area contributed by atoms with Gasteiger partial charge < -0.3 is 14.9 Å². The van der Waals surface area contributed by atoms with Gasteiger partial charge in [0.05, 0.1) is 18.2 Å². The van der Waals surface area contributed by atoms with Crippen LogP contribution in [-0.2, 0) is 11.3 Å². The molecule has 1 atom stereocenters. The van der Waals surface area contributed by atoms with Crippen LogP contribution in [0.25, 0.3) is 11.1 Å². The Labute approximate surface area is 118 Å². The number of nitrogen functional groups attached to an aromatic ring is 1. The first kappa shape index (κ1) is 13.4. The van der Waals surface area contributed by atoms with Crippen LogP contribution in [0.15, 0.2) is 22.6 Å². The molecule has 1 saturated heterocycles. The molecule has 1 aromatic carbocycles. The molecular formula is C15H21N3O2. The molecule has 2 heterocycles. The lowest BCUT2D eigenvalue weighted by atomic mass is 10.1. The first-order valence-corrected chi connectivity index (χ1v) is 6.96. The lowest BCUT2D eigenvalue weighted by Crippen LogP contribution is -2.51. The number of benzene rings is 1. The predicted molar refractivity (Wildman–Crippen MR) is 78.3 cm³/mol. The summed E-state index contributed by atoms with van der Waals surface area (Å²) >= 11 is 0. The van der Waals surface area contributed by atoms with Crippen LogP contribution in [0.5, 0.6) is 0 Å². The van der Waals surface area contributed by atoms with Crippen LogP contribution >= 0.6 is 0 Å². The van der Waals surface area contributed by atoms with Gasteiger partial charge in [-0.2, -0.15) is 0 Å². The van der Waals surface area contributed by atoms with Crippen LogP contribution < -0.4 is 5.73 Å². The van der Waals surface area contributed by atoms with Gasteiger partial charge >= 0.3 is 0 Å². The van der Waals surface area contributed by atoms with Gasteiger partial charge in [-0.15, -0.1) is 0 Å². The van der Waals surface area contributed by atoms with Gasteiger partial charge in [-0.05, 0) is 39.0 Å². The number of nitrogens with two attached hydrogens (primary N) is 1. The Morgan fingerprint density at radius 1 is 1.45 bits per heavy atom. The van der Waals surface area contributed by atoms with Crippen molar-refractivity contribution in [3.8, 4) is 0 Å². The van der Waals surface area contributed by atoms with Gasteiger partial charge in [0, 0.05) is 18.8 Å². The third kappa shape index (κ3) is 2.78. The Morgan fingerprint density at radius 3 is 3.00 bits per heavy atom. The number of ether oxygens (including phenoxy) is 1. The largest absolute Gasteiger partial charge is 0.439 e. The maximum atomic E-state index is 5.91. The van der Waals surface area contributed by atoms with Crippen molar-refractivity contribution in [3.63, 3.8) is 0 Å². The van der Waals surface area contributed by atoms with Crippen LogP contribution in [0.4, 0.5) is 5.69 Å². The average molecular weight is 275 g/mol. The zero-order chi connectivity index (χ0) is 14.3. The minimum absolute atomic E-state index is 0.131. The van der Waals surface area contributed by atoms with Gasteiger partial charge in [-0.1, -0.05) is 0 Å². The lowest BCUT2D eigenvalue weighted by Gasteiger charge is -2.41. The molecule has 0 aliphatic carbocycles.